The number of amides is 1. The van der Waals surface area contributed by atoms with Crippen molar-refractivity contribution in [3.8, 4) is 6.07 Å². The highest BCUT2D eigenvalue weighted by atomic mass is 79.9. The number of carbonyl (C=O) groups is 1. The second kappa shape index (κ2) is 7.31. The lowest BCUT2D eigenvalue weighted by molar-refractivity contribution is -0.117. The number of ether oxygens (including phenoxy) is 1. The van der Waals surface area contributed by atoms with E-state index in [0.29, 0.717) is 6.61 Å². The summed E-state index contributed by atoms with van der Waals surface area (Å²) < 4.78 is 5.85. The molecule has 1 aromatic rings. The number of nitriles is 1. The quantitative estimate of drug-likeness (QED) is 0.667. The molecule has 0 saturated carbocycles. The van der Waals surface area contributed by atoms with Crippen molar-refractivity contribution in [2.24, 2.45) is 0 Å². The molecule has 6 heteroatoms. The molecule has 18 heavy (non-hydrogen) atoms. The summed E-state index contributed by atoms with van der Waals surface area (Å²) >= 11 is 4.78. The second-order valence-corrected chi connectivity index (χ2v) is 5.53. The number of hydrogen-bond donors (Lipinski definition) is 1. The number of hydrogen-bond acceptors (Lipinski definition) is 4. The van der Waals surface area contributed by atoms with Gasteiger partial charge in [-0.3, -0.25) is 4.79 Å². The minimum absolute atomic E-state index is 0.0901. The van der Waals surface area contributed by atoms with Crippen molar-refractivity contribution >= 4 is 39.2 Å². The number of carbonyl (C=O) groups excluding carboxylic acids is 1. The Bertz CT molecular complexity index is 491. The van der Waals surface area contributed by atoms with E-state index in [0.717, 1.165) is 9.35 Å². The van der Waals surface area contributed by atoms with E-state index < -0.39 is 0 Å². The first-order valence-corrected chi connectivity index (χ1v) is 6.89. The molecule has 0 spiro atoms. The van der Waals surface area contributed by atoms with Crippen LogP contribution in [0.1, 0.15) is 11.8 Å². The number of thiophene rings is 1. The molecule has 0 radical (unpaired) electrons. The molecule has 0 aromatic carbocycles. The molecular weight excluding hydrogens is 316 g/mol. The molecule has 1 N–H and O–H groups in total. The van der Waals surface area contributed by atoms with Crippen LogP contribution in [0.2, 0.25) is 0 Å². The highest BCUT2D eigenvalue weighted by Crippen LogP contribution is 2.22. The van der Waals surface area contributed by atoms with Gasteiger partial charge >= 0.3 is 0 Å². The average Bonchev–Trinajstić information content (AvgIpc) is 2.71. The van der Waals surface area contributed by atoms with E-state index in [-0.39, 0.29) is 17.5 Å². The van der Waals surface area contributed by atoms with Gasteiger partial charge in [0.2, 0.25) is 0 Å². The number of methoxy groups -OCH3 is 1. The van der Waals surface area contributed by atoms with Crippen molar-refractivity contribution in [1.82, 2.24) is 5.32 Å². The predicted octanol–water partition coefficient (Wildman–Crippen LogP) is 2.57. The third-order valence-corrected chi connectivity index (χ3v) is 3.67. The molecule has 1 rings (SSSR count). The van der Waals surface area contributed by atoms with Gasteiger partial charge in [-0.1, -0.05) is 0 Å². The predicted molar refractivity (Wildman–Crippen MR) is 75.1 cm³/mol. The fourth-order valence-electron chi connectivity index (χ4n) is 1.29. The van der Waals surface area contributed by atoms with Crippen molar-refractivity contribution in [2.75, 3.05) is 13.7 Å². The molecule has 0 aliphatic carbocycles. The van der Waals surface area contributed by atoms with Gasteiger partial charge < -0.3 is 10.1 Å². The number of rotatable bonds is 5. The Morgan fingerprint density at radius 1 is 1.78 bits per heavy atom. The first-order chi connectivity index (χ1) is 8.56. The average molecular weight is 329 g/mol. The normalized spacial score (nSPS) is 12.9. The lowest BCUT2D eigenvalue weighted by Gasteiger charge is -2.11. The van der Waals surface area contributed by atoms with Crippen LogP contribution in [-0.4, -0.2) is 25.7 Å². The van der Waals surface area contributed by atoms with E-state index in [2.05, 4.69) is 21.2 Å². The Labute approximate surface area is 118 Å². The molecule has 1 unspecified atom stereocenters. The molecular formula is C12H13BrN2O2S. The zero-order valence-corrected chi connectivity index (χ0v) is 12.5. The minimum atomic E-state index is -0.383. The van der Waals surface area contributed by atoms with E-state index in [1.165, 1.54) is 11.3 Å². The van der Waals surface area contributed by atoms with Crippen LogP contribution in [0.4, 0.5) is 0 Å². The molecule has 0 fully saturated rings. The highest BCUT2D eigenvalue weighted by molar-refractivity contribution is 9.10. The first-order valence-electron chi connectivity index (χ1n) is 5.22. The topological polar surface area (TPSA) is 62.1 Å². The van der Waals surface area contributed by atoms with Crippen molar-refractivity contribution in [3.63, 3.8) is 0 Å². The summed E-state index contributed by atoms with van der Waals surface area (Å²) in [6, 6.07) is 3.63. The summed E-state index contributed by atoms with van der Waals surface area (Å²) in [5, 5.41) is 13.6. The van der Waals surface area contributed by atoms with E-state index in [1.54, 1.807) is 13.2 Å². The Morgan fingerprint density at radius 2 is 2.50 bits per heavy atom. The molecule has 1 amide bonds. The molecule has 1 atom stereocenters. The Balaban J connectivity index is 2.75. The van der Waals surface area contributed by atoms with Gasteiger partial charge in [0.1, 0.15) is 11.6 Å². The van der Waals surface area contributed by atoms with Gasteiger partial charge in [0.15, 0.2) is 0 Å². The highest BCUT2D eigenvalue weighted by Gasteiger charge is 2.12. The van der Waals surface area contributed by atoms with Gasteiger partial charge in [-0.05, 0) is 35.0 Å². The van der Waals surface area contributed by atoms with Gasteiger partial charge in [0, 0.05) is 27.9 Å². The van der Waals surface area contributed by atoms with Crippen LogP contribution >= 0.6 is 27.3 Å². The van der Waals surface area contributed by atoms with E-state index in [9.17, 15) is 4.79 Å². The van der Waals surface area contributed by atoms with E-state index >= 15 is 0 Å². The molecule has 0 bridgehead atoms. The summed E-state index contributed by atoms with van der Waals surface area (Å²) in [5.74, 6) is -0.383. The molecule has 96 valence electrons. The maximum absolute atomic E-state index is 11.8. The Hall–Kier alpha value is -1.16. The van der Waals surface area contributed by atoms with Gasteiger partial charge in [0.25, 0.3) is 5.91 Å². The van der Waals surface area contributed by atoms with Gasteiger partial charge in [0.05, 0.1) is 6.61 Å². The van der Waals surface area contributed by atoms with Crippen LogP contribution in [0, 0.1) is 11.3 Å². The van der Waals surface area contributed by atoms with Crippen molar-refractivity contribution < 1.29 is 9.53 Å². The lowest BCUT2D eigenvalue weighted by Crippen LogP contribution is -2.36. The molecule has 1 aromatic heterocycles. The monoisotopic (exact) mass is 328 g/mol. The van der Waals surface area contributed by atoms with E-state index in [1.807, 2.05) is 24.4 Å². The van der Waals surface area contributed by atoms with Crippen LogP contribution in [0.25, 0.3) is 6.08 Å². The van der Waals surface area contributed by atoms with Gasteiger partial charge in [-0.2, -0.15) is 5.26 Å². The lowest BCUT2D eigenvalue weighted by atomic mass is 10.2. The van der Waals surface area contributed by atoms with Crippen LogP contribution in [0.5, 0.6) is 0 Å². The third-order valence-electron chi connectivity index (χ3n) is 2.03. The zero-order chi connectivity index (χ0) is 13.5. The van der Waals surface area contributed by atoms with Crippen LogP contribution in [0.15, 0.2) is 21.5 Å². The van der Waals surface area contributed by atoms with Crippen LogP contribution in [-0.2, 0) is 9.53 Å². The van der Waals surface area contributed by atoms with Gasteiger partial charge in [-0.15, -0.1) is 11.3 Å². The molecule has 4 nitrogen and oxygen atoms in total. The minimum Gasteiger partial charge on any atom is -0.383 e. The van der Waals surface area contributed by atoms with Crippen molar-refractivity contribution in [1.29, 1.82) is 5.26 Å². The summed E-state index contributed by atoms with van der Waals surface area (Å²) in [6.07, 6.45) is 1.57. The fraction of sp³-hybridized carbons (Fsp3) is 0.333. The van der Waals surface area contributed by atoms with Gasteiger partial charge in [-0.25, -0.2) is 0 Å². The number of nitrogens with one attached hydrogen (secondary N) is 1. The molecule has 0 aliphatic rings. The maximum atomic E-state index is 11.8. The van der Waals surface area contributed by atoms with Crippen molar-refractivity contribution in [2.45, 2.75) is 13.0 Å². The largest absolute Gasteiger partial charge is 0.383 e. The fourth-order valence-corrected chi connectivity index (χ4v) is 2.66. The smallest absolute Gasteiger partial charge is 0.262 e. The molecule has 0 aliphatic heterocycles. The Morgan fingerprint density at radius 3 is 3.00 bits per heavy atom. The van der Waals surface area contributed by atoms with E-state index in [4.69, 9.17) is 10.00 Å². The maximum Gasteiger partial charge on any atom is 0.262 e. The molecule has 1 heterocycles. The summed E-state index contributed by atoms with van der Waals surface area (Å²) in [5.41, 5.74) is 0.0901. The second-order valence-electron chi connectivity index (χ2n) is 3.67. The summed E-state index contributed by atoms with van der Waals surface area (Å²) in [7, 11) is 1.56. The molecule has 0 saturated heterocycles. The summed E-state index contributed by atoms with van der Waals surface area (Å²) in [4.78, 5) is 12.7. The SMILES string of the molecule is COCC(C)NC(=O)C(C#N)=Cc1cc(Br)cs1. The van der Waals surface area contributed by atoms with Crippen LogP contribution in [0.3, 0.4) is 0 Å². The number of halogens is 1. The summed E-state index contributed by atoms with van der Waals surface area (Å²) in [6.45, 7) is 2.23. The first kappa shape index (κ1) is 14.9. The zero-order valence-electron chi connectivity index (χ0n) is 10.1. The van der Waals surface area contributed by atoms with Crippen molar-refractivity contribution in [3.05, 3.63) is 26.4 Å². The van der Waals surface area contributed by atoms with Crippen LogP contribution < -0.4 is 5.32 Å². The standard InChI is InChI=1S/C12H13BrN2O2S/c1-8(6-17-2)15-12(16)9(5-14)3-11-4-10(13)7-18-11/h3-4,7-8H,6H2,1-2H3,(H,15,16). The number of nitrogens with zero attached hydrogens (tertiary/aromatic N) is 1. The Kier molecular flexibility index (Phi) is 6.05. The third kappa shape index (κ3) is 4.61.